The molecule has 0 aliphatic carbocycles. The molecule has 0 bridgehead atoms. The summed E-state index contributed by atoms with van der Waals surface area (Å²) in [5, 5.41) is 11.1. The molecule has 31 heavy (non-hydrogen) atoms. The van der Waals surface area contributed by atoms with E-state index in [1.807, 2.05) is 64.0 Å². The predicted molar refractivity (Wildman–Crippen MR) is 121 cm³/mol. The Bertz CT molecular complexity index is 976. The van der Waals surface area contributed by atoms with Crippen LogP contribution in [0.4, 0.5) is 0 Å². The van der Waals surface area contributed by atoms with Crippen LogP contribution in [-0.2, 0) is 9.59 Å². The van der Waals surface area contributed by atoms with Crippen LogP contribution in [0.25, 0.3) is 5.76 Å². The molecule has 6 nitrogen and oxygen atoms in total. The fourth-order valence-electron chi connectivity index (χ4n) is 3.63. The van der Waals surface area contributed by atoms with E-state index in [2.05, 4.69) is 0 Å². The average molecular weight is 423 g/mol. The zero-order valence-corrected chi connectivity index (χ0v) is 18.8. The van der Waals surface area contributed by atoms with Gasteiger partial charge in [-0.05, 0) is 64.7 Å². The molecule has 1 N–H and O–H groups in total. The molecule has 0 spiro atoms. The number of hydrogen-bond acceptors (Lipinski definition) is 5. The number of aryl methyl sites for hydroxylation is 1. The van der Waals surface area contributed by atoms with Gasteiger partial charge < -0.3 is 19.6 Å². The van der Waals surface area contributed by atoms with Crippen molar-refractivity contribution in [3.8, 4) is 5.75 Å². The van der Waals surface area contributed by atoms with Crippen molar-refractivity contribution in [3.63, 3.8) is 0 Å². The van der Waals surface area contributed by atoms with Crippen LogP contribution in [-0.4, -0.2) is 59.9 Å². The molecule has 0 radical (unpaired) electrons. The van der Waals surface area contributed by atoms with Gasteiger partial charge in [0.05, 0.1) is 17.7 Å². The summed E-state index contributed by atoms with van der Waals surface area (Å²) in [5.41, 5.74) is 2.46. The summed E-state index contributed by atoms with van der Waals surface area (Å²) >= 11 is 0. The number of nitrogens with zero attached hydrogens (tertiary/aromatic N) is 2. The summed E-state index contributed by atoms with van der Waals surface area (Å²) in [6, 6.07) is 14.0. The number of likely N-dealkylation sites (N-methyl/N-ethyl adjacent to an activating group) is 1. The van der Waals surface area contributed by atoms with Gasteiger partial charge in [0.2, 0.25) is 0 Å². The number of Topliss-reactive ketones (excluding diaryl/α,β-unsaturated/α-hetero) is 1. The first-order chi connectivity index (χ1) is 14.7. The molecule has 164 valence electrons. The summed E-state index contributed by atoms with van der Waals surface area (Å²) < 4.78 is 5.65. The summed E-state index contributed by atoms with van der Waals surface area (Å²) in [6.45, 7) is 6.84. The molecule has 1 heterocycles. The molecule has 0 unspecified atom stereocenters. The molecule has 2 aromatic rings. The fourth-order valence-corrected chi connectivity index (χ4v) is 3.63. The lowest BCUT2D eigenvalue weighted by molar-refractivity contribution is -0.140. The van der Waals surface area contributed by atoms with Gasteiger partial charge in [0.1, 0.15) is 11.5 Å². The van der Waals surface area contributed by atoms with Gasteiger partial charge in [-0.15, -0.1) is 0 Å². The van der Waals surface area contributed by atoms with Gasteiger partial charge in [-0.2, -0.15) is 0 Å². The van der Waals surface area contributed by atoms with Crippen molar-refractivity contribution in [1.29, 1.82) is 0 Å². The van der Waals surface area contributed by atoms with E-state index in [1.165, 1.54) is 0 Å². The largest absolute Gasteiger partial charge is 0.507 e. The summed E-state index contributed by atoms with van der Waals surface area (Å²) in [6.07, 6.45) is 0.0306. The van der Waals surface area contributed by atoms with Gasteiger partial charge >= 0.3 is 0 Å². The van der Waals surface area contributed by atoms with E-state index < -0.39 is 17.7 Å². The van der Waals surface area contributed by atoms with Gasteiger partial charge in [-0.25, -0.2) is 0 Å². The normalized spacial score (nSPS) is 18.3. The first-order valence-corrected chi connectivity index (χ1v) is 10.5. The van der Waals surface area contributed by atoms with Gasteiger partial charge in [-0.3, -0.25) is 9.59 Å². The quantitative estimate of drug-likeness (QED) is 0.418. The third-order valence-electron chi connectivity index (χ3n) is 5.22. The molecule has 3 rings (SSSR count). The highest BCUT2D eigenvalue weighted by atomic mass is 16.5. The molecule has 1 saturated heterocycles. The third-order valence-corrected chi connectivity index (χ3v) is 5.22. The molecular weight excluding hydrogens is 392 g/mol. The van der Waals surface area contributed by atoms with Crippen LogP contribution in [0.15, 0.2) is 54.1 Å². The van der Waals surface area contributed by atoms with E-state index >= 15 is 0 Å². The molecule has 1 atom stereocenters. The molecule has 1 amide bonds. The van der Waals surface area contributed by atoms with Crippen molar-refractivity contribution in [1.82, 2.24) is 9.80 Å². The Kier molecular flexibility index (Phi) is 6.81. The molecule has 1 aliphatic rings. The van der Waals surface area contributed by atoms with Crippen LogP contribution in [0.5, 0.6) is 5.75 Å². The number of benzene rings is 2. The van der Waals surface area contributed by atoms with Crippen molar-refractivity contribution < 1.29 is 19.4 Å². The Morgan fingerprint density at radius 1 is 1.06 bits per heavy atom. The van der Waals surface area contributed by atoms with Crippen LogP contribution in [0, 0.1) is 6.92 Å². The number of carbonyl (C=O) groups excluding carboxylic acids is 2. The minimum atomic E-state index is -0.663. The summed E-state index contributed by atoms with van der Waals surface area (Å²) in [5.74, 6) is -0.751. The highest BCUT2D eigenvalue weighted by Gasteiger charge is 2.45. The minimum absolute atomic E-state index is 0.0306. The monoisotopic (exact) mass is 422 g/mol. The number of likely N-dealkylation sites (tertiary alicyclic amines) is 1. The number of ether oxygens (including phenoxy) is 1. The Labute approximate surface area is 183 Å². The van der Waals surface area contributed by atoms with Crippen molar-refractivity contribution in [2.24, 2.45) is 0 Å². The number of aliphatic hydroxyl groups is 1. The second-order valence-electron chi connectivity index (χ2n) is 8.40. The average Bonchev–Trinajstić information content (AvgIpc) is 2.97. The maximum atomic E-state index is 13.0. The fraction of sp³-hybridized carbons (Fsp3) is 0.360. The van der Waals surface area contributed by atoms with Crippen LogP contribution in [0.3, 0.4) is 0 Å². The number of rotatable bonds is 7. The van der Waals surface area contributed by atoms with Crippen molar-refractivity contribution >= 4 is 17.4 Å². The number of hydrogen-bond donors (Lipinski definition) is 1. The van der Waals surface area contributed by atoms with E-state index in [0.29, 0.717) is 24.4 Å². The molecular formula is C25H30N2O4. The maximum Gasteiger partial charge on any atom is 0.295 e. The second kappa shape index (κ2) is 9.35. The highest BCUT2D eigenvalue weighted by Crippen LogP contribution is 2.39. The maximum absolute atomic E-state index is 13.0. The van der Waals surface area contributed by atoms with E-state index in [-0.39, 0.29) is 17.4 Å². The van der Waals surface area contributed by atoms with Crippen LogP contribution < -0.4 is 4.74 Å². The van der Waals surface area contributed by atoms with E-state index in [1.54, 1.807) is 29.2 Å². The second-order valence-corrected chi connectivity index (χ2v) is 8.40. The molecule has 1 fully saturated rings. The van der Waals surface area contributed by atoms with Crippen LogP contribution >= 0.6 is 0 Å². The summed E-state index contributed by atoms with van der Waals surface area (Å²) in [4.78, 5) is 29.4. The SMILES string of the molecule is Cc1ccc([C@H]2C(=C(O)c3ccc(OC(C)C)cc3)C(=O)C(=O)N2CCN(C)C)cc1. The van der Waals surface area contributed by atoms with Crippen molar-refractivity contribution in [3.05, 3.63) is 70.8 Å². The van der Waals surface area contributed by atoms with Gasteiger partial charge in [0, 0.05) is 18.7 Å². The lowest BCUT2D eigenvalue weighted by atomic mass is 9.94. The Balaban J connectivity index is 2.06. The molecule has 6 heteroatoms. The van der Waals surface area contributed by atoms with Crippen molar-refractivity contribution in [2.75, 3.05) is 27.2 Å². The minimum Gasteiger partial charge on any atom is -0.507 e. The Morgan fingerprint density at radius 3 is 2.23 bits per heavy atom. The first kappa shape index (κ1) is 22.6. The van der Waals surface area contributed by atoms with Gasteiger partial charge in [-0.1, -0.05) is 29.8 Å². The highest BCUT2D eigenvalue weighted by molar-refractivity contribution is 6.46. The zero-order chi connectivity index (χ0) is 22.7. The van der Waals surface area contributed by atoms with Gasteiger partial charge in [0.25, 0.3) is 11.7 Å². The molecule has 0 aromatic heterocycles. The number of ketones is 1. The first-order valence-electron chi connectivity index (χ1n) is 10.5. The van der Waals surface area contributed by atoms with Crippen molar-refractivity contribution in [2.45, 2.75) is 32.9 Å². The van der Waals surface area contributed by atoms with Crippen LogP contribution in [0.1, 0.15) is 36.6 Å². The zero-order valence-electron chi connectivity index (χ0n) is 18.8. The van der Waals surface area contributed by atoms with E-state index in [0.717, 1.165) is 11.1 Å². The molecule has 0 saturated carbocycles. The number of amides is 1. The summed E-state index contributed by atoms with van der Waals surface area (Å²) in [7, 11) is 3.83. The predicted octanol–water partition coefficient (Wildman–Crippen LogP) is 3.77. The Hall–Kier alpha value is -3.12. The van der Waals surface area contributed by atoms with E-state index in [9.17, 15) is 14.7 Å². The number of carbonyl (C=O) groups is 2. The van der Waals surface area contributed by atoms with E-state index in [4.69, 9.17) is 4.74 Å². The van der Waals surface area contributed by atoms with Crippen LogP contribution in [0.2, 0.25) is 0 Å². The van der Waals surface area contributed by atoms with Gasteiger partial charge in [0.15, 0.2) is 0 Å². The smallest absolute Gasteiger partial charge is 0.295 e. The lowest BCUT2D eigenvalue weighted by Gasteiger charge is -2.26. The molecule has 1 aliphatic heterocycles. The lowest BCUT2D eigenvalue weighted by Crippen LogP contribution is -2.35. The topological polar surface area (TPSA) is 70.1 Å². The standard InChI is InChI=1S/C25H30N2O4/c1-16(2)31-20-12-10-19(11-13-20)23(28)21-22(18-8-6-17(3)7-9-18)27(15-14-26(4)5)25(30)24(21)29/h6-13,16,22,28H,14-15H2,1-5H3/t22-/m0/s1. The molecule has 2 aromatic carbocycles. The Morgan fingerprint density at radius 2 is 1.68 bits per heavy atom. The number of aliphatic hydroxyl groups excluding tert-OH is 1. The third kappa shape index (κ3) is 4.97.